The van der Waals surface area contributed by atoms with Gasteiger partial charge in [-0.25, -0.2) is 9.67 Å². The largest absolute Gasteiger partial charge is 0.364 e. The van der Waals surface area contributed by atoms with Gasteiger partial charge in [0.15, 0.2) is 0 Å². The molecule has 0 fully saturated rings. The van der Waals surface area contributed by atoms with Crippen molar-refractivity contribution in [1.82, 2.24) is 14.8 Å². The molecule has 0 saturated carbocycles. The van der Waals surface area contributed by atoms with Crippen molar-refractivity contribution in [3.63, 3.8) is 0 Å². The van der Waals surface area contributed by atoms with Gasteiger partial charge in [-0.1, -0.05) is 6.92 Å². The number of hydrogen-bond donors (Lipinski definition) is 1. The Labute approximate surface area is 120 Å². The number of rotatable bonds is 6. The molecule has 2 heterocycles. The highest BCUT2D eigenvalue weighted by atomic mass is 32.1. The van der Waals surface area contributed by atoms with Gasteiger partial charge in [0, 0.05) is 30.6 Å². The Morgan fingerprint density at radius 1 is 1.60 bits per heavy atom. The van der Waals surface area contributed by atoms with E-state index in [1.54, 1.807) is 29.1 Å². The van der Waals surface area contributed by atoms with Crippen molar-refractivity contribution >= 4 is 22.8 Å². The Bertz CT molecular complexity index is 593. The van der Waals surface area contributed by atoms with E-state index >= 15 is 0 Å². The van der Waals surface area contributed by atoms with Crippen LogP contribution in [0.1, 0.15) is 30.5 Å². The van der Waals surface area contributed by atoms with Gasteiger partial charge < -0.3 is 5.32 Å². The van der Waals surface area contributed by atoms with E-state index in [1.807, 2.05) is 19.2 Å². The van der Waals surface area contributed by atoms with Crippen LogP contribution in [0.3, 0.4) is 0 Å². The summed E-state index contributed by atoms with van der Waals surface area (Å²) in [6.07, 6.45) is 1.76. The highest BCUT2D eigenvalue weighted by molar-refractivity contribution is 7.09. The summed E-state index contributed by atoms with van der Waals surface area (Å²) in [6, 6.07) is 0. The molecule has 1 atom stereocenters. The van der Waals surface area contributed by atoms with E-state index in [0.29, 0.717) is 24.6 Å². The summed E-state index contributed by atoms with van der Waals surface area (Å²) in [7, 11) is 0. The summed E-state index contributed by atoms with van der Waals surface area (Å²) < 4.78 is 1.63. The lowest BCUT2D eigenvalue weighted by Gasteiger charge is -2.11. The minimum Gasteiger partial charge on any atom is -0.364 e. The molecule has 20 heavy (non-hydrogen) atoms. The van der Waals surface area contributed by atoms with E-state index in [2.05, 4.69) is 15.4 Å². The fourth-order valence-electron chi connectivity index (χ4n) is 2.01. The van der Waals surface area contributed by atoms with Crippen LogP contribution < -0.4 is 5.32 Å². The number of nitrogens with one attached hydrogen (secondary N) is 1. The number of aromatic nitrogens is 3. The zero-order valence-electron chi connectivity index (χ0n) is 11.7. The predicted octanol–water partition coefficient (Wildman–Crippen LogP) is 2.79. The number of nitrogens with zero attached hydrogens (tertiary/aromatic N) is 4. The van der Waals surface area contributed by atoms with Crippen LogP contribution in [-0.4, -0.2) is 26.2 Å². The summed E-state index contributed by atoms with van der Waals surface area (Å²) in [5, 5.41) is 21.4. The number of hydrogen-bond acceptors (Lipinski definition) is 6. The van der Waals surface area contributed by atoms with E-state index in [9.17, 15) is 10.1 Å². The van der Waals surface area contributed by atoms with E-state index in [-0.39, 0.29) is 16.5 Å². The molecular formula is C12H17N5O2S. The Morgan fingerprint density at radius 3 is 2.90 bits per heavy atom. The van der Waals surface area contributed by atoms with Crippen LogP contribution >= 0.6 is 11.3 Å². The molecule has 0 aliphatic carbocycles. The van der Waals surface area contributed by atoms with E-state index in [0.717, 1.165) is 5.01 Å². The van der Waals surface area contributed by atoms with Gasteiger partial charge in [0.2, 0.25) is 5.82 Å². The van der Waals surface area contributed by atoms with Gasteiger partial charge in [-0.2, -0.15) is 5.10 Å². The lowest BCUT2D eigenvalue weighted by Crippen LogP contribution is -2.14. The molecule has 2 aromatic rings. The highest BCUT2D eigenvalue weighted by Gasteiger charge is 2.25. The number of nitro groups is 1. The van der Waals surface area contributed by atoms with Crippen molar-refractivity contribution in [2.45, 2.75) is 33.2 Å². The number of aryl methyl sites for hydroxylation is 2. The molecule has 0 aliphatic heterocycles. The maximum absolute atomic E-state index is 11.1. The van der Waals surface area contributed by atoms with Gasteiger partial charge in [0.25, 0.3) is 0 Å². The van der Waals surface area contributed by atoms with Crippen LogP contribution in [0.25, 0.3) is 0 Å². The lowest BCUT2D eigenvalue weighted by atomic mass is 10.2. The molecule has 1 unspecified atom stereocenters. The molecule has 0 aliphatic rings. The monoisotopic (exact) mass is 295 g/mol. The van der Waals surface area contributed by atoms with Gasteiger partial charge in [0.1, 0.15) is 5.69 Å². The molecule has 7 nitrogen and oxygen atoms in total. The van der Waals surface area contributed by atoms with Crippen LogP contribution in [0.15, 0.2) is 11.6 Å². The van der Waals surface area contributed by atoms with Crippen molar-refractivity contribution in [3.8, 4) is 0 Å². The minimum atomic E-state index is -0.384. The van der Waals surface area contributed by atoms with Crippen LogP contribution in [-0.2, 0) is 6.54 Å². The molecule has 0 amide bonds. The normalized spacial score (nSPS) is 12.3. The second kappa shape index (κ2) is 6.00. The van der Waals surface area contributed by atoms with Crippen molar-refractivity contribution < 1.29 is 4.92 Å². The van der Waals surface area contributed by atoms with Gasteiger partial charge >= 0.3 is 5.69 Å². The third-order valence-corrected chi connectivity index (χ3v) is 4.03. The fraction of sp³-hybridized carbons (Fsp3) is 0.500. The molecule has 0 bridgehead atoms. The van der Waals surface area contributed by atoms with Crippen LogP contribution in [0.4, 0.5) is 11.5 Å². The summed E-state index contributed by atoms with van der Waals surface area (Å²) in [6.45, 7) is 6.77. The molecule has 0 spiro atoms. The summed E-state index contributed by atoms with van der Waals surface area (Å²) in [5.41, 5.74) is 0.486. The van der Waals surface area contributed by atoms with Crippen molar-refractivity contribution in [2.75, 3.05) is 11.9 Å². The molecule has 2 aromatic heterocycles. The average molecular weight is 295 g/mol. The summed E-state index contributed by atoms with van der Waals surface area (Å²) in [5.74, 6) is 0.661. The van der Waals surface area contributed by atoms with Gasteiger partial charge in [-0.3, -0.25) is 10.1 Å². The first-order chi connectivity index (χ1) is 9.54. The second-order valence-electron chi connectivity index (χ2n) is 4.51. The SMILES string of the molecule is CCn1nc(C)c([N+](=O)[O-])c1NCC(C)c1nccs1. The van der Waals surface area contributed by atoms with Crippen LogP contribution in [0, 0.1) is 17.0 Å². The first-order valence-electron chi connectivity index (χ1n) is 6.39. The summed E-state index contributed by atoms with van der Waals surface area (Å²) >= 11 is 1.58. The highest BCUT2D eigenvalue weighted by Crippen LogP contribution is 2.29. The minimum absolute atomic E-state index is 0.0539. The van der Waals surface area contributed by atoms with Gasteiger partial charge in [0.05, 0.1) is 9.93 Å². The molecular weight excluding hydrogens is 278 g/mol. The van der Waals surface area contributed by atoms with Crippen molar-refractivity contribution in [1.29, 1.82) is 0 Å². The Morgan fingerprint density at radius 2 is 2.35 bits per heavy atom. The molecule has 108 valence electrons. The fourth-order valence-corrected chi connectivity index (χ4v) is 2.71. The molecule has 8 heteroatoms. The first-order valence-corrected chi connectivity index (χ1v) is 7.27. The maximum Gasteiger partial charge on any atom is 0.333 e. The van der Waals surface area contributed by atoms with Gasteiger partial charge in [-0.15, -0.1) is 11.3 Å². The summed E-state index contributed by atoms with van der Waals surface area (Å²) in [4.78, 5) is 15.0. The smallest absolute Gasteiger partial charge is 0.333 e. The third kappa shape index (κ3) is 2.79. The maximum atomic E-state index is 11.1. The average Bonchev–Trinajstić information content (AvgIpc) is 3.02. The van der Waals surface area contributed by atoms with Crippen LogP contribution in [0.5, 0.6) is 0 Å². The molecule has 0 aromatic carbocycles. The standard InChI is InChI=1S/C12H17N5O2S/c1-4-16-11(10(17(18)19)9(3)15-16)14-7-8(2)12-13-5-6-20-12/h5-6,8,14H,4,7H2,1-3H3. The number of anilines is 1. The second-order valence-corrected chi connectivity index (χ2v) is 5.43. The quantitative estimate of drug-likeness (QED) is 0.654. The Kier molecular flexibility index (Phi) is 4.33. The lowest BCUT2D eigenvalue weighted by molar-refractivity contribution is -0.384. The van der Waals surface area contributed by atoms with E-state index < -0.39 is 0 Å². The predicted molar refractivity (Wildman–Crippen MR) is 78.3 cm³/mol. The van der Waals surface area contributed by atoms with Crippen LogP contribution in [0.2, 0.25) is 0 Å². The molecule has 0 saturated heterocycles. The van der Waals surface area contributed by atoms with Gasteiger partial charge in [-0.05, 0) is 13.8 Å². The zero-order valence-corrected chi connectivity index (χ0v) is 12.5. The van der Waals surface area contributed by atoms with E-state index in [1.165, 1.54) is 0 Å². The van der Waals surface area contributed by atoms with Crippen molar-refractivity contribution in [2.24, 2.45) is 0 Å². The Balaban J connectivity index is 2.18. The first kappa shape index (κ1) is 14.4. The van der Waals surface area contributed by atoms with Crippen molar-refractivity contribution in [3.05, 3.63) is 32.4 Å². The number of thiazole rings is 1. The molecule has 0 radical (unpaired) electrons. The Hall–Kier alpha value is -1.96. The zero-order chi connectivity index (χ0) is 14.7. The molecule has 2 rings (SSSR count). The molecule has 1 N–H and O–H groups in total. The topological polar surface area (TPSA) is 85.9 Å². The van der Waals surface area contributed by atoms with E-state index in [4.69, 9.17) is 0 Å². The third-order valence-electron chi connectivity index (χ3n) is 3.03.